The summed E-state index contributed by atoms with van der Waals surface area (Å²) < 4.78 is 5.65. The zero-order valence-corrected chi connectivity index (χ0v) is 15.4. The van der Waals surface area contributed by atoms with Crippen molar-refractivity contribution >= 4 is 34.9 Å². The fraction of sp³-hybridized carbons (Fsp3) is 0.118. The molecule has 5 rings (SSSR count). The molecule has 5 nitrogen and oxygen atoms in total. The van der Waals surface area contributed by atoms with Gasteiger partial charge in [0.2, 0.25) is 10.2 Å². The maximum Gasteiger partial charge on any atom is 0.216 e. The zero-order chi connectivity index (χ0) is 16.6. The minimum Gasteiger partial charge on any atom is -0.348 e. The fourth-order valence-electron chi connectivity index (χ4n) is 2.76. The molecule has 25 heavy (non-hydrogen) atoms. The van der Waals surface area contributed by atoms with E-state index in [1.54, 1.807) is 11.3 Å². The van der Waals surface area contributed by atoms with E-state index in [1.165, 1.54) is 16.7 Å². The molecule has 0 fully saturated rings. The highest BCUT2D eigenvalue weighted by molar-refractivity contribution is 7.99. The van der Waals surface area contributed by atoms with Gasteiger partial charge in [0, 0.05) is 21.8 Å². The van der Waals surface area contributed by atoms with E-state index >= 15 is 0 Å². The average molecular weight is 385 g/mol. The minimum atomic E-state index is 0.646. The lowest BCUT2D eigenvalue weighted by molar-refractivity contribution is 0.348. The number of hydrogen-bond donors (Lipinski definition) is 1. The van der Waals surface area contributed by atoms with Crippen molar-refractivity contribution in [2.24, 2.45) is 0 Å². The molecule has 0 amide bonds. The van der Waals surface area contributed by atoms with E-state index in [1.807, 2.05) is 35.3 Å². The number of aromatic nitrogens is 4. The third kappa shape index (κ3) is 2.80. The Morgan fingerprint density at radius 2 is 2.12 bits per heavy atom. The summed E-state index contributed by atoms with van der Waals surface area (Å²) in [5.41, 5.74) is 3.23. The summed E-state index contributed by atoms with van der Waals surface area (Å²) in [5.74, 6) is 1.79. The van der Waals surface area contributed by atoms with Gasteiger partial charge in [-0.15, -0.1) is 28.2 Å². The number of hydrogen-bond acceptors (Lipinski definition) is 7. The number of H-pyrrole nitrogens is 1. The van der Waals surface area contributed by atoms with Crippen LogP contribution < -0.4 is 0 Å². The van der Waals surface area contributed by atoms with Crippen LogP contribution in [-0.4, -0.2) is 26.1 Å². The van der Waals surface area contributed by atoms with Crippen LogP contribution in [0, 0.1) is 0 Å². The van der Waals surface area contributed by atoms with E-state index in [0.717, 1.165) is 44.8 Å². The number of rotatable bonds is 3. The van der Waals surface area contributed by atoms with Crippen LogP contribution >= 0.6 is 34.9 Å². The quantitative estimate of drug-likeness (QED) is 0.537. The molecule has 0 saturated heterocycles. The Kier molecular flexibility index (Phi) is 3.88. The summed E-state index contributed by atoms with van der Waals surface area (Å²) in [6, 6.07) is 12.4. The van der Waals surface area contributed by atoms with Crippen LogP contribution in [-0.2, 0) is 6.42 Å². The Balaban J connectivity index is 1.48. The maximum atomic E-state index is 5.65. The van der Waals surface area contributed by atoms with Crippen LogP contribution in [0.1, 0.15) is 5.56 Å². The van der Waals surface area contributed by atoms with Gasteiger partial charge in [-0.25, -0.2) is 4.98 Å². The Bertz CT molecular complexity index is 1020. The first-order valence-electron chi connectivity index (χ1n) is 7.73. The zero-order valence-electron chi connectivity index (χ0n) is 12.9. The van der Waals surface area contributed by atoms with Crippen molar-refractivity contribution in [3.63, 3.8) is 0 Å². The number of thiophene rings is 1. The second-order valence-electron chi connectivity index (χ2n) is 5.44. The largest absolute Gasteiger partial charge is 0.348 e. The van der Waals surface area contributed by atoms with Gasteiger partial charge in [0.1, 0.15) is 5.69 Å². The molecule has 0 saturated carbocycles. The van der Waals surface area contributed by atoms with Crippen molar-refractivity contribution in [1.29, 1.82) is 0 Å². The Labute approximate surface area is 156 Å². The smallest absolute Gasteiger partial charge is 0.216 e. The van der Waals surface area contributed by atoms with Crippen molar-refractivity contribution in [3.8, 4) is 22.0 Å². The highest BCUT2D eigenvalue weighted by Gasteiger charge is 2.24. The normalized spacial score (nSPS) is 13.3. The number of fused-ring (bicyclic) bond motifs is 3. The monoisotopic (exact) mass is 384 g/mol. The lowest BCUT2D eigenvalue weighted by Crippen LogP contribution is -1.88. The van der Waals surface area contributed by atoms with Gasteiger partial charge in [0.15, 0.2) is 5.82 Å². The first-order chi connectivity index (χ1) is 12.4. The molecule has 8 heteroatoms. The molecular formula is C17H12N4OS3. The second kappa shape index (κ2) is 6.36. The molecule has 0 atom stereocenters. The molecule has 1 aliphatic heterocycles. The molecule has 0 bridgehead atoms. The molecule has 124 valence electrons. The molecule has 1 aliphatic rings. The highest BCUT2D eigenvalue weighted by atomic mass is 32.2. The van der Waals surface area contributed by atoms with Gasteiger partial charge in [-0.05, 0) is 35.7 Å². The van der Waals surface area contributed by atoms with Gasteiger partial charge in [0.25, 0.3) is 0 Å². The molecule has 0 unspecified atom stereocenters. The first kappa shape index (κ1) is 15.2. The van der Waals surface area contributed by atoms with E-state index in [9.17, 15) is 0 Å². The van der Waals surface area contributed by atoms with E-state index in [-0.39, 0.29) is 0 Å². The van der Waals surface area contributed by atoms with Gasteiger partial charge in [-0.3, -0.25) is 5.10 Å². The number of nitrogens with one attached hydrogen (secondary N) is 1. The molecule has 0 aliphatic carbocycles. The number of nitrogens with zero attached hydrogens (tertiary/aromatic N) is 3. The van der Waals surface area contributed by atoms with Crippen LogP contribution in [0.15, 0.2) is 61.4 Å². The molecule has 3 aromatic heterocycles. The van der Waals surface area contributed by atoms with E-state index in [4.69, 9.17) is 4.52 Å². The minimum absolute atomic E-state index is 0.646. The maximum absolute atomic E-state index is 5.65. The summed E-state index contributed by atoms with van der Waals surface area (Å²) in [6.45, 7) is 0. The lowest BCUT2D eigenvalue weighted by Gasteiger charge is -2.01. The van der Waals surface area contributed by atoms with E-state index in [0.29, 0.717) is 5.16 Å². The van der Waals surface area contributed by atoms with Crippen LogP contribution in [0.5, 0.6) is 0 Å². The molecule has 0 radical (unpaired) electrons. The number of aromatic amines is 1. The van der Waals surface area contributed by atoms with Crippen molar-refractivity contribution in [3.05, 3.63) is 47.3 Å². The third-order valence-electron chi connectivity index (χ3n) is 3.91. The second-order valence-corrected chi connectivity index (χ2v) is 8.46. The summed E-state index contributed by atoms with van der Waals surface area (Å²) in [7, 11) is 0. The number of thioether (sulfide) groups is 1. The predicted octanol–water partition coefficient (Wildman–Crippen LogP) is 4.99. The average Bonchev–Trinajstić information content (AvgIpc) is 3.36. The lowest BCUT2D eigenvalue weighted by atomic mass is 10.1. The van der Waals surface area contributed by atoms with Crippen molar-refractivity contribution in [1.82, 2.24) is 20.3 Å². The molecule has 4 heterocycles. The van der Waals surface area contributed by atoms with Gasteiger partial charge >= 0.3 is 0 Å². The van der Waals surface area contributed by atoms with Crippen LogP contribution in [0.4, 0.5) is 0 Å². The molecule has 1 aromatic carbocycles. The molecule has 4 aromatic rings. The van der Waals surface area contributed by atoms with Crippen molar-refractivity contribution in [2.75, 3.05) is 5.75 Å². The summed E-state index contributed by atoms with van der Waals surface area (Å²) in [5, 5.41) is 15.1. The van der Waals surface area contributed by atoms with Gasteiger partial charge in [-0.1, -0.05) is 29.4 Å². The third-order valence-corrected chi connectivity index (χ3v) is 6.73. The predicted molar refractivity (Wildman–Crippen MR) is 100 cm³/mol. The van der Waals surface area contributed by atoms with E-state index in [2.05, 4.69) is 38.5 Å². The fourth-order valence-corrected chi connectivity index (χ4v) is 5.23. The Morgan fingerprint density at radius 3 is 3.04 bits per heavy atom. The molecule has 0 spiro atoms. The summed E-state index contributed by atoms with van der Waals surface area (Å²) in [4.78, 5) is 6.88. The standard InChI is InChI=1S/C17H12N4OS3/c1-2-5-12-10(4-1)14-11(7-9-24-12)16(22-21-14)25-17-18-15(19-20-17)13-6-3-8-23-13/h1-6,8H,7,9H2,(H,18,19,20). The van der Waals surface area contributed by atoms with Gasteiger partial charge < -0.3 is 4.52 Å². The van der Waals surface area contributed by atoms with E-state index < -0.39 is 0 Å². The van der Waals surface area contributed by atoms with Gasteiger partial charge in [0.05, 0.1) is 4.88 Å². The molecular weight excluding hydrogens is 372 g/mol. The summed E-state index contributed by atoms with van der Waals surface area (Å²) >= 11 is 4.92. The SMILES string of the molecule is c1csc(-c2nc(Sc3onc4c3CCSc3ccccc3-4)n[nH]2)c1. The van der Waals surface area contributed by atoms with Crippen LogP contribution in [0.2, 0.25) is 0 Å². The highest BCUT2D eigenvalue weighted by Crippen LogP contribution is 2.41. The van der Waals surface area contributed by atoms with Crippen molar-refractivity contribution in [2.45, 2.75) is 21.6 Å². The van der Waals surface area contributed by atoms with Gasteiger partial charge in [-0.2, -0.15) is 0 Å². The van der Waals surface area contributed by atoms with Crippen LogP contribution in [0.25, 0.3) is 22.0 Å². The Morgan fingerprint density at radius 1 is 1.16 bits per heavy atom. The first-order valence-corrected chi connectivity index (χ1v) is 10.4. The number of benzene rings is 1. The topological polar surface area (TPSA) is 67.6 Å². The van der Waals surface area contributed by atoms with Crippen molar-refractivity contribution < 1.29 is 4.52 Å². The van der Waals surface area contributed by atoms with Crippen LogP contribution in [0.3, 0.4) is 0 Å². The summed E-state index contributed by atoms with van der Waals surface area (Å²) in [6.07, 6.45) is 0.919. The Hall–Kier alpha value is -2.03. The molecule has 1 N–H and O–H groups in total.